The van der Waals surface area contributed by atoms with E-state index in [1.165, 1.54) is 6.07 Å². The molecule has 0 radical (unpaired) electrons. The van der Waals surface area contributed by atoms with Crippen molar-refractivity contribution in [3.05, 3.63) is 35.6 Å². The molecule has 1 saturated heterocycles. The summed E-state index contributed by atoms with van der Waals surface area (Å²) in [4.78, 5) is 49.3. The fourth-order valence-electron chi connectivity index (χ4n) is 3.89. The van der Waals surface area contributed by atoms with Crippen LogP contribution in [0.4, 0.5) is 9.18 Å². The molecule has 1 saturated carbocycles. The number of hydrogen-bond acceptors (Lipinski definition) is 5. The smallest absolute Gasteiger partial charge is 0.325 e. The first-order valence-electron chi connectivity index (χ1n) is 10.2. The number of esters is 1. The van der Waals surface area contributed by atoms with Crippen molar-refractivity contribution in [1.29, 1.82) is 0 Å². The van der Waals surface area contributed by atoms with Crippen LogP contribution in [-0.4, -0.2) is 54.0 Å². The second-order valence-corrected chi connectivity index (χ2v) is 7.63. The lowest BCUT2D eigenvalue weighted by atomic mass is 9.98. The highest BCUT2D eigenvalue weighted by Gasteiger charge is 2.52. The lowest BCUT2D eigenvalue weighted by Crippen LogP contribution is -2.44. The Hall–Kier alpha value is -2.97. The van der Waals surface area contributed by atoms with Gasteiger partial charge in [0.1, 0.15) is 11.4 Å². The number of nitrogens with one attached hydrogen (secondary N) is 2. The third-order valence-corrected chi connectivity index (χ3v) is 5.50. The van der Waals surface area contributed by atoms with Gasteiger partial charge in [-0.1, -0.05) is 31.0 Å². The van der Waals surface area contributed by atoms with Crippen LogP contribution in [0.1, 0.15) is 44.1 Å². The molecule has 30 heavy (non-hydrogen) atoms. The first kappa shape index (κ1) is 21.7. The fourth-order valence-corrected chi connectivity index (χ4v) is 3.89. The summed E-state index contributed by atoms with van der Waals surface area (Å²) in [6, 6.07) is 5.89. The monoisotopic (exact) mass is 419 g/mol. The van der Waals surface area contributed by atoms with Gasteiger partial charge in [0.05, 0.1) is 0 Å². The number of carbonyl (C=O) groups is 4. The molecule has 162 valence electrons. The van der Waals surface area contributed by atoms with Crippen molar-refractivity contribution >= 4 is 23.8 Å². The van der Waals surface area contributed by atoms with Crippen molar-refractivity contribution in [2.45, 2.75) is 50.5 Å². The Kier molecular flexibility index (Phi) is 7.02. The first-order chi connectivity index (χ1) is 14.4. The van der Waals surface area contributed by atoms with Gasteiger partial charge >= 0.3 is 12.0 Å². The number of amides is 4. The highest BCUT2D eigenvalue weighted by molar-refractivity contribution is 6.07. The Labute approximate surface area is 174 Å². The molecular weight excluding hydrogens is 393 g/mol. The quantitative estimate of drug-likeness (QED) is 0.468. The summed E-state index contributed by atoms with van der Waals surface area (Å²) in [5, 5.41) is 5.35. The molecule has 8 nitrogen and oxygen atoms in total. The summed E-state index contributed by atoms with van der Waals surface area (Å²) < 4.78 is 18.4. The van der Waals surface area contributed by atoms with E-state index in [1.807, 2.05) is 0 Å². The van der Waals surface area contributed by atoms with Gasteiger partial charge in [-0.15, -0.1) is 0 Å². The van der Waals surface area contributed by atoms with E-state index in [0.717, 1.165) is 17.7 Å². The number of ether oxygens (including phenoxy) is 1. The van der Waals surface area contributed by atoms with E-state index in [-0.39, 0.29) is 37.7 Å². The molecule has 0 unspecified atom stereocenters. The summed E-state index contributed by atoms with van der Waals surface area (Å²) in [6.07, 6.45) is 3.72. The Morgan fingerprint density at radius 3 is 2.67 bits per heavy atom. The van der Waals surface area contributed by atoms with Crippen LogP contribution in [-0.2, 0) is 25.5 Å². The van der Waals surface area contributed by atoms with E-state index in [1.54, 1.807) is 18.2 Å². The molecule has 1 aromatic carbocycles. The minimum absolute atomic E-state index is 0.00737. The van der Waals surface area contributed by atoms with E-state index in [0.29, 0.717) is 24.8 Å². The van der Waals surface area contributed by atoms with Crippen molar-refractivity contribution in [2.75, 3.05) is 19.7 Å². The SMILES string of the molecule is O=C(COC(=O)CCCN1C(=O)NC2(CCCC2)C1=O)NCCc1ccccc1F. The Morgan fingerprint density at radius 1 is 1.20 bits per heavy atom. The molecule has 1 aromatic rings. The van der Waals surface area contributed by atoms with Crippen LogP contribution in [0.25, 0.3) is 0 Å². The standard InChI is InChI=1S/C21H26FN3O5/c22-16-7-2-1-6-15(16)9-12-23-17(26)14-30-18(27)8-5-13-25-19(28)21(24-20(25)29)10-3-4-11-21/h1-2,6-7H,3-5,8-14H2,(H,23,26)(H,24,29). The Balaban J connectivity index is 1.30. The molecular formula is C21H26FN3O5. The van der Waals surface area contributed by atoms with Crippen LogP contribution in [0.5, 0.6) is 0 Å². The minimum Gasteiger partial charge on any atom is -0.456 e. The normalized spacial score (nSPS) is 17.3. The predicted octanol–water partition coefficient (Wildman–Crippen LogP) is 1.67. The van der Waals surface area contributed by atoms with E-state index in [4.69, 9.17) is 4.74 Å². The van der Waals surface area contributed by atoms with Gasteiger partial charge in [0.15, 0.2) is 6.61 Å². The molecule has 0 atom stereocenters. The number of nitrogens with zero attached hydrogens (tertiary/aromatic N) is 1. The highest BCUT2D eigenvalue weighted by atomic mass is 19.1. The van der Waals surface area contributed by atoms with Crippen molar-refractivity contribution in [3.8, 4) is 0 Å². The number of halogens is 1. The average molecular weight is 419 g/mol. The molecule has 0 aromatic heterocycles. The van der Waals surface area contributed by atoms with Gasteiger partial charge in [0.25, 0.3) is 11.8 Å². The zero-order chi connectivity index (χ0) is 21.6. The van der Waals surface area contributed by atoms with Crippen molar-refractivity contribution in [3.63, 3.8) is 0 Å². The van der Waals surface area contributed by atoms with Gasteiger partial charge in [-0.05, 0) is 37.3 Å². The van der Waals surface area contributed by atoms with E-state index < -0.39 is 30.1 Å². The second kappa shape index (κ2) is 9.69. The Bertz CT molecular complexity index is 823. The van der Waals surface area contributed by atoms with Crippen molar-refractivity contribution in [2.24, 2.45) is 0 Å². The molecule has 3 rings (SSSR count). The molecule has 4 amide bonds. The van der Waals surface area contributed by atoms with Crippen LogP contribution < -0.4 is 10.6 Å². The zero-order valence-corrected chi connectivity index (χ0v) is 16.7. The number of benzene rings is 1. The molecule has 1 heterocycles. The Morgan fingerprint density at radius 2 is 1.93 bits per heavy atom. The molecule has 1 aliphatic carbocycles. The van der Waals surface area contributed by atoms with E-state index in [9.17, 15) is 23.6 Å². The summed E-state index contributed by atoms with van der Waals surface area (Å²) in [5.41, 5.74) is -0.257. The number of hydrogen-bond donors (Lipinski definition) is 2. The maximum absolute atomic E-state index is 13.5. The number of imide groups is 1. The highest BCUT2D eigenvalue weighted by Crippen LogP contribution is 2.35. The molecule has 1 aliphatic heterocycles. The van der Waals surface area contributed by atoms with Crippen molar-refractivity contribution in [1.82, 2.24) is 15.5 Å². The summed E-state index contributed by atoms with van der Waals surface area (Å²) in [6.45, 7) is -0.0655. The van der Waals surface area contributed by atoms with Gasteiger partial charge in [0.2, 0.25) is 0 Å². The average Bonchev–Trinajstić information content (AvgIpc) is 3.28. The molecule has 1 spiro atoms. The maximum atomic E-state index is 13.5. The molecule has 2 aliphatic rings. The topological polar surface area (TPSA) is 105 Å². The van der Waals surface area contributed by atoms with Crippen LogP contribution in [0.2, 0.25) is 0 Å². The van der Waals surface area contributed by atoms with Gasteiger partial charge in [0, 0.05) is 19.5 Å². The first-order valence-corrected chi connectivity index (χ1v) is 10.2. The van der Waals surface area contributed by atoms with Crippen LogP contribution in [0.15, 0.2) is 24.3 Å². The summed E-state index contributed by atoms with van der Waals surface area (Å²) in [7, 11) is 0. The molecule has 2 N–H and O–H groups in total. The lowest BCUT2D eigenvalue weighted by Gasteiger charge is -2.19. The zero-order valence-electron chi connectivity index (χ0n) is 16.7. The summed E-state index contributed by atoms with van der Waals surface area (Å²) >= 11 is 0. The van der Waals surface area contributed by atoms with Crippen molar-refractivity contribution < 1.29 is 28.3 Å². The fraction of sp³-hybridized carbons (Fsp3) is 0.524. The van der Waals surface area contributed by atoms with E-state index >= 15 is 0 Å². The molecule has 0 bridgehead atoms. The van der Waals surface area contributed by atoms with Gasteiger partial charge < -0.3 is 15.4 Å². The van der Waals surface area contributed by atoms with E-state index in [2.05, 4.69) is 10.6 Å². The number of rotatable bonds is 9. The lowest BCUT2D eigenvalue weighted by molar-refractivity contribution is -0.148. The predicted molar refractivity (Wildman–Crippen MR) is 105 cm³/mol. The van der Waals surface area contributed by atoms with Crippen LogP contribution >= 0.6 is 0 Å². The second-order valence-electron chi connectivity index (χ2n) is 7.63. The molecule has 2 fully saturated rings. The third kappa shape index (κ3) is 5.14. The summed E-state index contributed by atoms with van der Waals surface area (Å²) in [5.74, 6) is -1.60. The molecule has 9 heteroatoms. The maximum Gasteiger partial charge on any atom is 0.325 e. The van der Waals surface area contributed by atoms with Gasteiger partial charge in [-0.3, -0.25) is 19.3 Å². The largest absolute Gasteiger partial charge is 0.456 e. The van der Waals surface area contributed by atoms with Crippen LogP contribution in [0.3, 0.4) is 0 Å². The van der Waals surface area contributed by atoms with Gasteiger partial charge in [-0.2, -0.15) is 0 Å². The van der Waals surface area contributed by atoms with Crippen LogP contribution in [0, 0.1) is 5.82 Å². The van der Waals surface area contributed by atoms with Gasteiger partial charge in [-0.25, -0.2) is 9.18 Å². The minimum atomic E-state index is -0.752. The third-order valence-electron chi connectivity index (χ3n) is 5.50. The number of urea groups is 1. The number of carbonyl (C=O) groups excluding carboxylic acids is 4.